The Morgan fingerprint density at radius 3 is 2.33 bits per heavy atom. The van der Waals surface area contributed by atoms with Gasteiger partial charge in [-0.15, -0.1) is 0 Å². The lowest BCUT2D eigenvalue weighted by molar-refractivity contribution is 0.0636. The molecule has 0 saturated carbocycles. The third-order valence-corrected chi connectivity index (χ3v) is 3.36. The van der Waals surface area contributed by atoms with Gasteiger partial charge in [0.15, 0.2) is 0 Å². The number of ether oxygens (including phenoxy) is 2. The lowest BCUT2D eigenvalue weighted by Gasteiger charge is -2.20. The Balaban J connectivity index is 2.94. The Bertz CT molecular complexity index is 558. The van der Waals surface area contributed by atoms with Gasteiger partial charge < -0.3 is 9.47 Å². The van der Waals surface area contributed by atoms with Crippen LogP contribution in [0.2, 0.25) is 5.02 Å². The summed E-state index contributed by atoms with van der Waals surface area (Å²) in [5, 5.41) is 5.29. The van der Waals surface area contributed by atoms with Gasteiger partial charge >= 0.3 is 12.2 Å². The maximum atomic E-state index is 11.7. The molecule has 0 atom stereocenters. The zero-order chi connectivity index (χ0) is 16.2. The van der Waals surface area contributed by atoms with Crippen LogP contribution in [-0.2, 0) is 9.47 Å². The summed E-state index contributed by atoms with van der Waals surface area (Å²) in [7, 11) is 1.24. The van der Waals surface area contributed by atoms with Crippen LogP contribution in [0.15, 0.2) is 16.6 Å². The van der Waals surface area contributed by atoms with Crippen molar-refractivity contribution in [3.63, 3.8) is 0 Å². The van der Waals surface area contributed by atoms with E-state index >= 15 is 0 Å². The molecule has 0 fully saturated rings. The number of carbonyl (C=O) groups is 2. The lowest BCUT2D eigenvalue weighted by Crippen LogP contribution is -2.27. The van der Waals surface area contributed by atoms with Crippen LogP contribution in [0.25, 0.3) is 0 Å². The zero-order valence-electron chi connectivity index (χ0n) is 12.0. The maximum Gasteiger partial charge on any atom is 0.412 e. The number of hydrogen-bond acceptors (Lipinski definition) is 4. The summed E-state index contributed by atoms with van der Waals surface area (Å²) >= 11 is 9.29. The summed E-state index contributed by atoms with van der Waals surface area (Å²) in [6.45, 7) is 5.28. The highest BCUT2D eigenvalue weighted by Crippen LogP contribution is 2.34. The number of methoxy groups -OCH3 is 1. The van der Waals surface area contributed by atoms with E-state index in [9.17, 15) is 9.59 Å². The highest BCUT2D eigenvalue weighted by molar-refractivity contribution is 9.10. The molecule has 0 heterocycles. The lowest BCUT2D eigenvalue weighted by atomic mass is 10.2. The van der Waals surface area contributed by atoms with Crippen LogP contribution in [0.4, 0.5) is 21.0 Å². The summed E-state index contributed by atoms with van der Waals surface area (Å²) in [6, 6.07) is 3.09. The average molecular weight is 380 g/mol. The quantitative estimate of drug-likeness (QED) is 0.785. The third-order valence-electron chi connectivity index (χ3n) is 2.10. The second-order valence-electron chi connectivity index (χ2n) is 5.06. The first kappa shape index (κ1) is 17.6. The maximum absolute atomic E-state index is 11.7. The molecule has 0 bridgehead atoms. The molecule has 2 amide bonds. The Labute approximate surface area is 136 Å². The van der Waals surface area contributed by atoms with Crippen LogP contribution in [0, 0.1) is 0 Å². The molecule has 0 aliphatic carbocycles. The third kappa shape index (κ3) is 5.81. The molecular formula is C13H16BrClN2O4. The Kier molecular flexibility index (Phi) is 5.86. The van der Waals surface area contributed by atoms with E-state index < -0.39 is 17.8 Å². The highest BCUT2D eigenvalue weighted by Gasteiger charge is 2.17. The number of halogens is 2. The molecule has 6 nitrogen and oxygen atoms in total. The standard InChI is InChI=1S/C13H16BrClN2O4/c1-13(2,3)21-12(19)16-7-5-8(14)10(15)9(6-7)17-11(18)20-4/h5-6H,1-4H3,(H,16,19)(H,17,18). The van der Waals surface area contributed by atoms with Crippen LogP contribution in [0.3, 0.4) is 0 Å². The molecule has 0 aromatic heterocycles. The highest BCUT2D eigenvalue weighted by atomic mass is 79.9. The van der Waals surface area contributed by atoms with Gasteiger partial charge in [0, 0.05) is 10.2 Å². The van der Waals surface area contributed by atoms with E-state index in [4.69, 9.17) is 16.3 Å². The largest absolute Gasteiger partial charge is 0.453 e. The monoisotopic (exact) mass is 378 g/mol. The normalized spacial score (nSPS) is 10.8. The van der Waals surface area contributed by atoms with E-state index in [-0.39, 0.29) is 5.02 Å². The van der Waals surface area contributed by atoms with E-state index in [2.05, 4.69) is 31.3 Å². The summed E-state index contributed by atoms with van der Waals surface area (Å²) in [4.78, 5) is 23.0. The minimum Gasteiger partial charge on any atom is -0.453 e. The molecule has 0 aliphatic rings. The summed E-state index contributed by atoms with van der Waals surface area (Å²) in [6.07, 6.45) is -1.28. The Morgan fingerprint density at radius 2 is 1.81 bits per heavy atom. The first-order chi connectivity index (χ1) is 9.62. The Hall–Kier alpha value is -1.47. The minimum atomic E-state index is -0.668. The number of rotatable bonds is 2. The number of carbonyl (C=O) groups excluding carboxylic acids is 2. The van der Waals surface area contributed by atoms with E-state index in [1.165, 1.54) is 13.2 Å². The van der Waals surface area contributed by atoms with Crippen molar-refractivity contribution >= 4 is 51.1 Å². The van der Waals surface area contributed by atoms with Crippen molar-refractivity contribution in [2.45, 2.75) is 26.4 Å². The predicted octanol–water partition coefficient (Wildman–Crippen LogP) is 4.63. The van der Waals surface area contributed by atoms with Gasteiger partial charge in [0.2, 0.25) is 0 Å². The number of anilines is 2. The van der Waals surface area contributed by atoms with Gasteiger partial charge in [-0.2, -0.15) is 0 Å². The van der Waals surface area contributed by atoms with E-state index in [1.54, 1.807) is 26.8 Å². The van der Waals surface area contributed by atoms with Gasteiger partial charge in [0.25, 0.3) is 0 Å². The number of nitrogens with one attached hydrogen (secondary N) is 2. The van der Waals surface area contributed by atoms with Crippen molar-refractivity contribution in [1.29, 1.82) is 0 Å². The van der Waals surface area contributed by atoms with Gasteiger partial charge in [-0.05, 0) is 48.8 Å². The Morgan fingerprint density at radius 1 is 1.19 bits per heavy atom. The van der Waals surface area contributed by atoms with Gasteiger partial charge in [-0.1, -0.05) is 11.6 Å². The molecule has 1 aromatic carbocycles. The van der Waals surface area contributed by atoms with Crippen molar-refractivity contribution in [1.82, 2.24) is 0 Å². The predicted molar refractivity (Wildman–Crippen MR) is 85.0 cm³/mol. The van der Waals surface area contributed by atoms with Gasteiger partial charge in [0.1, 0.15) is 5.60 Å². The van der Waals surface area contributed by atoms with Crippen molar-refractivity contribution in [2.75, 3.05) is 17.7 Å². The van der Waals surface area contributed by atoms with Crippen molar-refractivity contribution in [3.05, 3.63) is 21.6 Å². The molecule has 0 saturated heterocycles. The zero-order valence-corrected chi connectivity index (χ0v) is 14.4. The van der Waals surface area contributed by atoms with Crippen LogP contribution in [-0.4, -0.2) is 24.9 Å². The van der Waals surface area contributed by atoms with E-state index in [1.807, 2.05) is 0 Å². The van der Waals surface area contributed by atoms with Crippen molar-refractivity contribution in [2.24, 2.45) is 0 Å². The topological polar surface area (TPSA) is 76.7 Å². The molecule has 0 aliphatic heterocycles. The second-order valence-corrected chi connectivity index (χ2v) is 6.30. The molecular weight excluding hydrogens is 364 g/mol. The molecule has 116 valence electrons. The molecule has 8 heteroatoms. The number of amides is 2. The van der Waals surface area contributed by atoms with Crippen LogP contribution in [0.5, 0.6) is 0 Å². The van der Waals surface area contributed by atoms with Crippen molar-refractivity contribution in [3.8, 4) is 0 Å². The molecule has 0 spiro atoms. The van der Waals surface area contributed by atoms with Crippen molar-refractivity contribution < 1.29 is 19.1 Å². The first-order valence-corrected chi connectivity index (χ1v) is 7.13. The SMILES string of the molecule is COC(=O)Nc1cc(NC(=O)OC(C)(C)C)cc(Br)c1Cl. The average Bonchev–Trinajstić information content (AvgIpc) is 2.32. The molecule has 0 unspecified atom stereocenters. The smallest absolute Gasteiger partial charge is 0.412 e. The van der Waals surface area contributed by atoms with E-state index in [0.29, 0.717) is 15.8 Å². The fourth-order valence-electron chi connectivity index (χ4n) is 1.33. The number of benzene rings is 1. The van der Waals surface area contributed by atoms with Gasteiger partial charge in [-0.3, -0.25) is 10.6 Å². The van der Waals surface area contributed by atoms with Gasteiger partial charge in [-0.25, -0.2) is 9.59 Å². The molecule has 1 rings (SSSR count). The van der Waals surface area contributed by atoms with Crippen LogP contribution >= 0.6 is 27.5 Å². The molecule has 1 aromatic rings. The first-order valence-electron chi connectivity index (χ1n) is 5.96. The summed E-state index contributed by atoms with van der Waals surface area (Å²) < 4.78 is 10.1. The molecule has 21 heavy (non-hydrogen) atoms. The van der Waals surface area contributed by atoms with E-state index in [0.717, 1.165) is 0 Å². The fraction of sp³-hybridized carbons (Fsp3) is 0.385. The van der Waals surface area contributed by atoms with Gasteiger partial charge in [0.05, 0.1) is 17.8 Å². The minimum absolute atomic E-state index is 0.287. The fourth-order valence-corrected chi connectivity index (χ4v) is 1.95. The molecule has 0 radical (unpaired) electrons. The summed E-state index contributed by atoms with van der Waals surface area (Å²) in [5.74, 6) is 0. The van der Waals surface area contributed by atoms with Crippen LogP contribution in [0.1, 0.15) is 20.8 Å². The molecule has 2 N–H and O–H groups in total. The number of hydrogen-bond donors (Lipinski definition) is 2. The van der Waals surface area contributed by atoms with Crippen LogP contribution < -0.4 is 10.6 Å². The second kappa shape index (κ2) is 7.00. The summed E-state index contributed by atoms with van der Waals surface area (Å²) in [5.41, 5.74) is 0.0942.